The summed E-state index contributed by atoms with van der Waals surface area (Å²) in [5.41, 5.74) is 13.2. The minimum absolute atomic E-state index is 0.0276. The Hall–Kier alpha value is -3.38. The fourth-order valence-electron chi connectivity index (χ4n) is 8.30. The van der Waals surface area contributed by atoms with Crippen LogP contribution in [0.4, 0.5) is 0 Å². The Kier molecular flexibility index (Phi) is 8.04. The Morgan fingerprint density at radius 2 is 1.58 bits per heavy atom. The van der Waals surface area contributed by atoms with E-state index in [1.54, 1.807) is 5.57 Å². The predicted molar refractivity (Wildman–Crippen MR) is 199 cm³/mol. The van der Waals surface area contributed by atoms with Crippen LogP contribution in [0.3, 0.4) is 0 Å². The van der Waals surface area contributed by atoms with E-state index in [-0.39, 0.29) is 16.2 Å². The van der Waals surface area contributed by atoms with E-state index in [9.17, 15) is 0 Å². The Morgan fingerprint density at radius 3 is 2.24 bits per heavy atom. The first-order valence-electron chi connectivity index (χ1n) is 17.4. The first kappa shape index (κ1) is 31.6. The zero-order valence-electron chi connectivity index (χ0n) is 29.6. The van der Waals surface area contributed by atoms with Crippen molar-refractivity contribution in [2.75, 3.05) is 0 Å². The van der Waals surface area contributed by atoms with Crippen LogP contribution in [0.25, 0.3) is 27.1 Å². The van der Waals surface area contributed by atoms with E-state index in [4.69, 9.17) is 0 Å². The first-order valence-corrected chi connectivity index (χ1v) is 17.4. The zero-order valence-corrected chi connectivity index (χ0v) is 29.6. The van der Waals surface area contributed by atoms with Gasteiger partial charge >= 0.3 is 0 Å². The zero-order chi connectivity index (χ0) is 32.3. The molecule has 1 unspecified atom stereocenters. The van der Waals surface area contributed by atoms with Crippen LogP contribution < -0.4 is 0 Å². The van der Waals surface area contributed by atoms with Crippen LogP contribution in [0.1, 0.15) is 127 Å². The second-order valence-corrected chi connectivity index (χ2v) is 16.2. The summed E-state index contributed by atoms with van der Waals surface area (Å²) >= 11 is 0. The minimum atomic E-state index is -0.141. The van der Waals surface area contributed by atoms with Gasteiger partial charge in [-0.25, -0.2) is 0 Å². The summed E-state index contributed by atoms with van der Waals surface area (Å²) < 4.78 is 0. The molecule has 0 heterocycles. The summed E-state index contributed by atoms with van der Waals surface area (Å²) in [6.45, 7) is 23.7. The molecule has 0 aromatic heterocycles. The fraction of sp³-hybridized carbons (Fsp3) is 0.422. The van der Waals surface area contributed by atoms with Gasteiger partial charge < -0.3 is 0 Å². The second-order valence-electron chi connectivity index (χ2n) is 16.2. The van der Waals surface area contributed by atoms with Crippen LogP contribution in [-0.4, -0.2) is 0 Å². The van der Waals surface area contributed by atoms with Crippen molar-refractivity contribution in [3.05, 3.63) is 123 Å². The maximum atomic E-state index is 2.54. The highest BCUT2D eigenvalue weighted by Gasteiger charge is 2.34. The molecule has 0 nitrogen and oxygen atoms in total. The van der Waals surface area contributed by atoms with Crippen molar-refractivity contribution in [2.24, 2.45) is 5.92 Å². The lowest BCUT2D eigenvalue weighted by Gasteiger charge is -2.36. The van der Waals surface area contributed by atoms with E-state index in [2.05, 4.69) is 148 Å². The molecular formula is C45H54. The van der Waals surface area contributed by atoms with Crippen molar-refractivity contribution in [1.82, 2.24) is 0 Å². The third-order valence-electron chi connectivity index (χ3n) is 11.1. The van der Waals surface area contributed by atoms with Gasteiger partial charge in [-0.05, 0) is 122 Å². The number of benzene rings is 4. The number of hydrogen-bond acceptors (Lipinski definition) is 0. The molecule has 0 N–H and O–H groups in total. The van der Waals surface area contributed by atoms with Gasteiger partial charge in [-0.1, -0.05) is 141 Å². The summed E-state index contributed by atoms with van der Waals surface area (Å²) in [5, 5.41) is 5.80. The van der Waals surface area contributed by atoms with Crippen LogP contribution in [-0.2, 0) is 29.1 Å². The maximum Gasteiger partial charge on any atom is 0.0152 e. The molecule has 0 radical (unpaired) electrons. The van der Waals surface area contributed by atoms with Gasteiger partial charge in [0.1, 0.15) is 0 Å². The molecule has 234 valence electrons. The molecule has 0 amide bonds. The van der Waals surface area contributed by atoms with E-state index in [0.29, 0.717) is 5.92 Å². The highest BCUT2D eigenvalue weighted by atomic mass is 14.4. The predicted octanol–water partition coefficient (Wildman–Crippen LogP) is 12.7. The third-order valence-corrected chi connectivity index (χ3v) is 11.1. The van der Waals surface area contributed by atoms with E-state index < -0.39 is 0 Å². The van der Waals surface area contributed by atoms with Gasteiger partial charge in [-0.15, -0.1) is 0 Å². The van der Waals surface area contributed by atoms with Gasteiger partial charge in [0.2, 0.25) is 0 Å². The average molecular weight is 595 g/mol. The number of allylic oxidation sites excluding steroid dienone is 6. The van der Waals surface area contributed by atoms with Gasteiger partial charge in [-0.2, -0.15) is 0 Å². The van der Waals surface area contributed by atoms with Gasteiger partial charge in [0.05, 0.1) is 0 Å². The largest absolute Gasteiger partial charge is 0.0834 e. The van der Waals surface area contributed by atoms with Crippen molar-refractivity contribution in [3.8, 4) is 0 Å². The monoisotopic (exact) mass is 594 g/mol. The van der Waals surface area contributed by atoms with Crippen LogP contribution >= 0.6 is 0 Å². The molecule has 2 aliphatic rings. The maximum absolute atomic E-state index is 2.54. The standard InChI is InChI=1S/C45H54/c1-11-31(25-29(2)3)30(4)35-26-33-16-15-32-18-21-38(37-20-17-34(27-35)41(33)42(32)37)44(8,9)36-19-22-39(40(28-36)43(5,6)7)45(10)23-13-12-14-24-45/h12-14,17-23,26-29H,11,15-16,24-25H2,1-10H3/b31-30+. The lowest BCUT2D eigenvalue weighted by atomic mass is 9.67. The lowest BCUT2D eigenvalue weighted by Crippen LogP contribution is -2.28. The van der Waals surface area contributed by atoms with Crippen LogP contribution in [0.15, 0.2) is 84.5 Å². The molecule has 4 aromatic carbocycles. The molecule has 0 saturated carbocycles. The van der Waals surface area contributed by atoms with Crippen molar-refractivity contribution in [2.45, 2.75) is 118 Å². The summed E-state index contributed by atoms with van der Waals surface area (Å²) in [4.78, 5) is 0. The van der Waals surface area contributed by atoms with E-state index >= 15 is 0 Å². The SMILES string of the molecule is CC/C(CC(C)C)=C(/C)c1cc2c3c(ccc4c(C(C)(C)c5ccc(C6(C)C=CC=CC6)c(C(C)(C)C)c5)ccc(c43)CC2)c1. The van der Waals surface area contributed by atoms with Crippen molar-refractivity contribution < 1.29 is 0 Å². The van der Waals surface area contributed by atoms with E-state index in [1.807, 2.05) is 0 Å². The summed E-state index contributed by atoms with van der Waals surface area (Å²) in [6.07, 6.45) is 14.7. The van der Waals surface area contributed by atoms with E-state index in [0.717, 1.165) is 25.7 Å². The van der Waals surface area contributed by atoms with Gasteiger partial charge in [-0.3, -0.25) is 0 Å². The minimum Gasteiger partial charge on any atom is -0.0834 e. The van der Waals surface area contributed by atoms with Crippen LogP contribution in [0.2, 0.25) is 0 Å². The molecule has 1 atom stereocenters. The van der Waals surface area contributed by atoms with Crippen molar-refractivity contribution in [1.29, 1.82) is 0 Å². The quantitative estimate of drug-likeness (QED) is 0.187. The molecule has 45 heavy (non-hydrogen) atoms. The Morgan fingerprint density at radius 1 is 0.822 bits per heavy atom. The highest BCUT2D eigenvalue weighted by molar-refractivity contribution is 6.13. The average Bonchev–Trinajstić information content (AvgIpc) is 3.01. The number of rotatable bonds is 7. The van der Waals surface area contributed by atoms with Gasteiger partial charge in [0, 0.05) is 10.8 Å². The van der Waals surface area contributed by atoms with Gasteiger partial charge in [0.15, 0.2) is 0 Å². The Balaban J connectivity index is 1.51. The number of hydrogen-bond donors (Lipinski definition) is 0. The van der Waals surface area contributed by atoms with Crippen LogP contribution in [0.5, 0.6) is 0 Å². The molecule has 0 fully saturated rings. The Bertz CT molecular complexity index is 1880. The second kappa shape index (κ2) is 11.5. The number of aryl methyl sites for hydroxylation is 2. The Labute approximate surface area is 273 Å². The lowest BCUT2D eigenvalue weighted by molar-refractivity contribution is 0.532. The summed E-state index contributed by atoms with van der Waals surface area (Å²) in [5.74, 6) is 0.682. The molecule has 6 rings (SSSR count). The summed E-state index contributed by atoms with van der Waals surface area (Å²) in [6, 6.07) is 22.1. The van der Waals surface area contributed by atoms with Crippen LogP contribution in [0, 0.1) is 5.92 Å². The molecular weight excluding hydrogens is 540 g/mol. The highest BCUT2D eigenvalue weighted by Crippen LogP contribution is 2.46. The first-order chi connectivity index (χ1) is 21.2. The molecule has 0 aliphatic heterocycles. The fourth-order valence-corrected chi connectivity index (χ4v) is 8.30. The molecule has 0 spiro atoms. The van der Waals surface area contributed by atoms with Gasteiger partial charge in [0.25, 0.3) is 0 Å². The normalized spacial score (nSPS) is 18.8. The molecule has 2 aliphatic carbocycles. The smallest absolute Gasteiger partial charge is 0.0152 e. The topological polar surface area (TPSA) is 0 Å². The molecule has 0 heteroatoms. The molecule has 4 aromatic rings. The molecule has 0 saturated heterocycles. The van der Waals surface area contributed by atoms with Crippen molar-refractivity contribution in [3.63, 3.8) is 0 Å². The molecule has 0 bridgehead atoms. The van der Waals surface area contributed by atoms with Crippen molar-refractivity contribution >= 4 is 27.1 Å². The third kappa shape index (κ3) is 5.54. The summed E-state index contributed by atoms with van der Waals surface area (Å²) in [7, 11) is 0. The van der Waals surface area contributed by atoms with E-state index in [1.165, 1.54) is 72.5 Å².